The van der Waals surface area contributed by atoms with Gasteiger partial charge < -0.3 is 4.74 Å². The number of alkyl halides is 1. The van der Waals surface area contributed by atoms with Gasteiger partial charge in [-0.1, -0.05) is 38.0 Å². The van der Waals surface area contributed by atoms with Gasteiger partial charge >= 0.3 is 0 Å². The monoisotopic (exact) mass is 309 g/mol. The fraction of sp³-hybridized carbons (Fsp3) is 0.438. The van der Waals surface area contributed by atoms with Gasteiger partial charge in [0, 0.05) is 17.6 Å². The first-order chi connectivity index (χ1) is 9.83. The Kier molecular flexibility index (Phi) is 6.51. The quantitative estimate of drug-likeness (QED) is 0.490. The molecule has 0 N–H and O–H groups in total. The molecule has 0 aliphatic rings. The van der Waals surface area contributed by atoms with Gasteiger partial charge in [0.2, 0.25) is 0 Å². The second kappa shape index (κ2) is 8.40. The molecule has 0 unspecified atom stereocenters. The molecule has 2 aromatic rings. The summed E-state index contributed by atoms with van der Waals surface area (Å²) >= 11 is 7.43. The van der Waals surface area contributed by atoms with Crippen LogP contribution in [0.5, 0.6) is 0 Å². The second-order valence-corrected chi connectivity index (χ2v) is 5.86. The third-order valence-corrected chi connectivity index (χ3v) is 4.24. The zero-order chi connectivity index (χ0) is 14.2. The molecule has 1 aromatic carbocycles. The van der Waals surface area contributed by atoms with E-state index in [9.17, 15) is 0 Å². The molecule has 0 bridgehead atoms. The zero-order valence-electron chi connectivity index (χ0n) is 11.8. The molecule has 0 aliphatic carbocycles. The molecule has 0 spiro atoms. The van der Waals surface area contributed by atoms with Gasteiger partial charge in [0.15, 0.2) is 0 Å². The maximum absolute atomic E-state index is 5.79. The van der Waals surface area contributed by atoms with Crippen LogP contribution in [0.3, 0.4) is 0 Å². The van der Waals surface area contributed by atoms with Gasteiger partial charge in [-0.3, -0.25) is 0 Å². The lowest BCUT2D eigenvalue weighted by Crippen LogP contribution is -1.95. The van der Waals surface area contributed by atoms with Gasteiger partial charge in [0.25, 0.3) is 0 Å². The summed E-state index contributed by atoms with van der Waals surface area (Å²) in [5.74, 6) is 0.469. The fourth-order valence-electron chi connectivity index (χ4n) is 1.94. The average molecular weight is 310 g/mol. The van der Waals surface area contributed by atoms with Crippen LogP contribution >= 0.6 is 22.9 Å². The number of unbranched alkanes of at least 4 members (excludes halogenated alkanes) is 2. The van der Waals surface area contributed by atoms with E-state index in [1.165, 1.54) is 18.4 Å². The van der Waals surface area contributed by atoms with E-state index >= 15 is 0 Å². The van der Waals surface area contributed by atoms with Crippen molar-refractivity contribution in [3.63, 3.8) is 0 Å². The minimum Gasteiger partial charge on any atom is -0.377 e. The highest BCUT2D eigenvalue weighted by Crippen LogP contribution is 2.25. The van der Waals surface area contributed by atoms with Crippen LogP contribution in [0.1, 0.15) is 37.4 Å². The Bertz CT molecular complexity index is 527. The molecule has 1 heterocycles. The number of ether oxygens (including phenoxy) is 1. The van der Waals surface area contributed by atoms with Crippen molar-refractivity contribution in [1.82, 2.24) is 4.98 Å². The summed E-state index contributed by atoms with van der Waals surface area (Å²) < 4.78 is 5.70. The lowest BCUT2D eigenvalue weighted by Gasteiger charge is -2.05. The maximum atomic E-state index is 5.79. The summed E-state index contributed by atoms with van der Waals surface area (Å²) in [7, 11) is 0. The van der Waals surface area contributed by atoms with Crippen LogP contribution in [0, 0.1) is 0 Å². The van der Waals surface area contributed by atoms with E-state index in [1.54, 1.807) is 11.3 Å². The highest BCUT2D eigenvalue weighted by atomic mass is 35.5. The summed E-state index contributed by atoms with van der Waals surface area (Å²) in [6, 6.07) is 8.38. The standard InChI is InChI=1S/C16H20ClNOS/c1-2-3-4-8-19-11-13-6-5-7-14(9-13)16-18-15(10-17)12-20-16/h5-7,9,12H,2-4,8,10-11H2,1H3. The van der Waals surface area contributed by atoms with Gasteiger partial charge in [-0.05, 0) is 18.1 Å². The number of nitrogens with zero attached hydrogens (tertiary/aromatic N) is 1. The molecule has 0 saturated heterocycles. The van der Waals surface area contributed by atoms with Crippen LogP contribution < -0.4 is 0 Å². The van der Waals surface area contributed by atoms with Crippen LogP contribution in [0.4, 0.5) is 0 Å². The van der Waals surface area contributed by atoms with Crippen LogP contribution in [-0.2, 0) is 17.2 Å². The highest BCUT2D eigenvalue weighted by Gasteiger charge is 2.05. The first kappa shape index (κ1) is 15.5. The molecule has 0 fully saturated rings. The van der Waals surface area contributed by atoms with E-state index < -0.39 is 0 Å². The van der Waals surface area contributed by atoms with Gasteiger partial charge in [0.05, 0.1) is 18.2 Å². The minimum absolute atomic E-state index is 0.469. The number of halogens is 1. The Balaban J connectivity index is 1.93. The number of hydrogen-bond acceptors (Lipinski definition) is 3. The zero-order valence-corrected chi connectivity index (χ0v) is 13.3. The number of benzene rings is 1. The van der Waals surface area contributed by atoms with Crippen LogP contribution in [0.15, 0.2) is 29.6 Å². The molecule has 0 atom stereocenters. The molecule has 0 amide bonds. The Labute approximate surface area is 129 Å². The molecular formula is C16H20ClNOS. The summed E-state index contributed by atoms with van der Waals surface area (Å²) in [4.78, 5) is 4.51. The molecule has 2 rings (SSSR count). The number of thiazole rings is 1. The van der Waals surface area contributed by atoms with Gasteiger partial charge in [-0.2, -0.15) is 0 Å². The lowest BCUT2D eigenvalue weighted by molar-refractivity contribution is 0.117. The van der Waals surface area contributed by atoms with E-state index in [0.29, 0.717) is 12.5 Å². The fourth-order valence-corrected chi connectivity index (χ4v) is 2.98. The average Bonchev–Trinajstić information content (AvgIpc) is 2.96. The first-order valence-electron chi connectivity index (χ1n) is 7.01. The summed E-state index contributed by atoms with van der Waals surface area (Å²) in [5, 5.41) is 3.03. The van der Waals surface area contributed by atoms with E-state index in [1.807, 2.05) is 5.38 Å². The molecule has 1 aromatic heterocycles. The van der Waals surface area contributed by atoms with Crippen LogP contribution in [0.25, 0.3) is 10.6 Å². The van der Waals surface area contributed by atoms with Gasteiger partial charge in [-0.25, -0.2) is 4.98 Å². The predicted molar refractivity (Wildman–Crippen MR) is 86.3 cm³/mol. The van der Waals surface area contributed by atoms with Crippen molar-refractivity contribution < 1.29 is 4.74 Å². The number of hydrogen-bond donors (Lipinski definition) is 0. The molecular weight excluding hydrogens is 290 g/mol. The van der Waals surface area contributed by atoms with E-state index in [-0.39, 0.29) is 0 Å². The molecule has 0 aliphatic heterocycles. The summed E-state index contributed by atoms with van der Waals surface area (Å²) in [6.45, 7) is 3.71. The Morgan fingerprint density at radius 1 is 1.30 bits per heavy atom. The third kappa shape index (κ3) is 4.58. The predicted octanol–water partition coefficient (Wildman–Crippen LogP) is 5.26. The van der Waals surface area contributed by atoms with E-state index in [4.69, 9.17) is 16.3 Å². The molecule has 0 saturated carbocycles. The van der Waals surface area contributed by atoms with Crippen LogP contribution in [0.2, 0.25) is 0 Å². The van der Waals surface area contributed by atoms with Crippen molar-refractivity contribution in [2.45, 2.75) is 38.7 Å². The molecule has 108 valence electrons. The van der Waals surface area contributed by atoms with Gasteiger partial charge in [-0.15, -0.1) is 22.9 Å². The lowest BCUT2D eigenvalue weighted by atomic mass is 10.1. The third-order valence-electron chi connectivity index (χ3n) is 3.02. The summed E-state index contributed by atoms with van der Waals surface area (Å²) in [6.07, 6.45) is 3.61. The topological polar surface area (TPSA) is 22.1 Å². The second-order valence-electron chi connectivity index (χ2n) is 4.74. The first-order valence-corrected chi connectivity index (χ1v) is 8.42. The smallest absolute Gasteiger partial charge is 0.123 e. The number of rotatable bonds is 8. The molecule has 2 nitrogen and oxygen atoms in total. The minimum atomic E-state index is 0.469. The SMILES string of the molecule is CCCCCOCc1cccc(-c2nc(CCl)cs2)c1. The highest BCUT2D eigenvalue weighted by molar-refractivity contribution is 7.13. The maximum Gasteiger partial charge on any atom is 0.123 e. The normalized spacial score (nSPS) is 10.9. The number of aromatic nitrogens is 1. The largest absolute Gasteiger partial charge is 0.377 e. The van der Waals surface area contributed by atoms with Crippen molar-refractivity contribution in [2.24, 2.45) is 0 Å². The van der Waals surface area contributed by atoms with Gasteiger partial charge in [0.1, 0.15) is 5.01 Å². The van der Waals surface area contributed by atoms with E-state index in [2.05, 4.69) is 36.2 Å². The molecule has 0 radical (unpaired) electrons. The Morgan fingerprint density at radius 2 is 2.20 bits per heavy atom. The molecule has 4 heteroatoms. The van der Waals surface area contributed by atoms with Crippen LogP contribution in [-0.4, -0.2) is 11.6 Å². The Morgan fingerprint density at radius 3 is 2.95 bits per heavy atom. The van der Waals surface area contributed by atoms with Crippen molar-refractivity contribution >= 4 is 22.9 Å². The van der Waals surface area contributed by atoms with E-state index in [0.717, 1.165) is 29.3 Å². The van der Waals surface area contributed by atoms with Crippen molar-refractivity contribution in [2.75, 3.05) is 6.61 Å². The van der Waals surface area contributed by atoms with Crippen molar-refractivity contribution in [3.8, 4) is 10.6 Å². The summed E-state index contributed by atoms with van der Waals surface area (Å²) in [5.41, 5.74) is 3.27. The Hall–Kier alpha value is -0.900. The van der Waals surface area contributed by atoms with Crippen molar-refractivity contribution in [3.05, 3.63) is 40.9 Å². The van der Waals surface area contributed by atoms with Crippen molar-refractivity contribution in [1.29, 1.82) is 0 Å². The molecule has 20 heavy (non-hydrogen) atoms.